The fourth-order valence-electron chi connectivity index (χ4n) is 3.11. The molecule has 27 heavy (non-hydrogen) atoms. The Labute approximate surface area is 153 Å². The first-order chi connectivity index (χ1) is 13.1. The molecule has 0 spiro atoms. The molecule has 1 N–H and O–H groups in total. The molecule has 3 aromatic rings. The maximum absolute atomic E-state index is 13.4. The van der Waals surface area contributed by atoms with Gasteiger partial charge in [0, 0.05) is 17.8 Å². The van der Waals surface area contributed by atoms with Gasteiger partial charge in [0.25, 0.3) is 0 Å². The predicted molar refractivity (Wildman–Crippen MR) is 93.8 cm³/mol. The highest BCUT2D eigenvalue weighted by molar-refractivity contribution is 5.89. The number of nitrogens with zero attached hydrogens (tertiary/aromatic N) is 3. The third-order valence-corrected chi connectivity index (χ3v) is 4.42. The van der Waals surface area contributed by atoms with Gasteiger partial charge in [0.05, 0.1) is 0 Å². The Balaban J connectivity index is 1.51. The smallest absolute Gasteiger partial charge is 0.322 e. The van der Waals surface area contributed by atoms with Gasteiger partial charge in [-0.3, -0.25) is 0 Å². The molecule has 1 aromatic heterocycles. The molecule has 2 heterocycles. The van der Waals surface area contributed by atoms with Crippen LogP contribution in [0.2, 0.25) is 0 Å². The summed E-state index contributed by atoms with van der Waals surface area (Å²) in [6.45, 7) is 0.537. The average Bonchev–Trinajstić information content (AvgIpc) is 3.33. The largest absolute Gasteiger partial charge is 0.337 e. The van der Waals surface area contributed by atoms with E-state index in [-0.39, 0.29) is 29.5 Å². The monoisotopic (exact) mass is 370 g/mol. The highest BCUT2D eigenvalue weighted by Gasteiger charge is 2.34. The van der Waals surface area contributed by atoms with Crippen LogP contribution in [0.3, 0.4) is 0 Å². The van der Waals surface area contributed by atoms with E-state index in [1.807, 2.05) is 0 Å². The van der Waals surface area contributed by atoms with Gasteiger partial charge in [0.2, 0.25) is 11.7 Å². The van der Waals surface area contributed by atoms with Crippen molar-refractivity contribution in [2.75, 3.05) is 11.9 Å². The first-order valence-electron chi connectivity index (χ1n) is 8.53. The molecule has 2 aromatic carbocycles. The van der Waals surface area contributed by atoms with Gasteiger partial charge < -0.3 is 14.7 Å². The van der Waals surface area contributed by atoms with E-state index in [2.05, 4.69) is 15.5 Å². The third-order valence-electron chi connectivity index (χ3n) is 4.42. The highest BCUT2D eigenvalue weighted by Crippen LogP contribution is 2.32. The summed E-state index contributed by atoms with van der Waals surface area (Å²) in [5, 5.41) is 6.64. The van der Waals surface area contributed by atoms with Crippen LogP contribution in [-0.4, -0.2) is 27.6 Å². The topological polar surface area (TPSA) is 71.3 Å². The van der Waals surface area contributed by atoms with Gasteiger partial charge in [-0.2, -0.15) is 4.98 Å². The number of hydrogen-bond donors (Lipinski definition) is 1. The van der Waals surface area contributed by atoms with Crippen molar-refractivity contribution < 1.29 is 18.1 Å². The van der Waals surface area contributed by atoms with Crippen molar-refractivity contribution in [2.24, 2.45) is 0 Å². The van der Waals surface area contributed by atoms with Gasteiger partial charge >= 0.3 is 6.03 Å². The summed E-state index contributed by atoms with van der Waals surface area (Å²) in [5.41, 5.74) is 1.00. The summed E-state index contributed by atoms with van der Waals surface area (Å²) in [6, 6.07) is 10.8. The van der Waals surface area contributed by atoms with Gasteiger partial charge in [-0.1, -0.05) is 17.3 Å². The van der Waals surface area contributed by atoms with Crippen LogP contribution >= 0.6 is 0 Å². The van der Waals surface area contributed by atoms with Crippen molar-refractivity contribution >= 4 is 11.7 Å². The Bertz CT molecular complexity index is 958. The number of likely N-dealkylation sites (tertiary alicyclic amines) is 1. The number of halogens is 2. The molecule has 1 aliphatic rings. The summed E-state index contributed by atoms with van der Waals surface area (Å²) in [7, 11) is 0. The molecule has 6 nitrogen and oxygen atoms in total. The maximum atomic E-state index is 13.4. The van der Waals surface area contributed by atoms with E-state index in [4.69, 9.17) is 4.52 Å². The number of aromatic nitrogens is 2. The summed E-state index contributed by atoms with van der Waals surface area (Å²) < 4.78 is 31.7. The molecule has 1 aliphatic heterocycles. The Hall–Kier alpha value is -3.29. The number of nitrogens with one attached hydrogen (secondary N) is 1. The number of rotatable bonds is 3. The van der Waals surface area contributed by atoms with Crippen LogP contribution in [0.4, 0.5) is 19.3 Å². The minimum atomic E-state index is -0.389. The molecule has 2 amide bonds. The molecule has 138 valence electrons. The number of anilines is 1. The molecule has 0 aliphatic carbocycles. The molecule has 0 radical (unpaired) electrons. The van der Waals surface area contributed by atoms with Crippen molar-refractivity contribution in [1.29, 1.82) is 0 Å². The van der Waals surface area contributed by atoms with Gasteiger partial charge in [-0.15, -0.1) is 0 Å². The predicted octanol–water partition coefficient (Wildman–Crippen LogP) is 4.38. The van der Waals surface area contributed by atoms with E-state index >= 15 is 0 Å². The first-order valence-corrected chi connectivity index (χ1v) is 8.53. The second-order valence-corrected chi connectivity index (χ2v) is 6.26. The lowest BCUT2D eigenvalue weighted by Crippen LogP contribution is -2.34. The van der Waals surface area contributed by atoms with E-state index < -0.39 is 0 Å². The van der Waals surface area contributed by atoms with Crippen LogP contribution in [0.25, 0.3) is 11.4 Å². The molecule has 0 saturated carbocycles. The summed E-state index contributed by atoms with van der Waals surface area (Å²) in [4.78, 5) is 18.5. The van der Waals surface area contributed by atoms with E-state index in [0.29, 0.717) is 30.1 Å². The molecule has 0 bridgehead atoms. The molecule has 8 heteroatoms. The standard InChI is InChI=1S/C19H16F2N4O2/c20-13-6-8-15(9-7-13)22-19(26)25-10-2-5-16(25)18-23-17(24-27-18)12-3-1-4-14(21)11-12/h1,3-4,6-9,11,16H,2,5,10H2,(H,22,26)/t16-/m0/s1. The van der Waals surface area contributed by atoms with E-state index in [1.165, 1.54) is 36.4 Å². The highest BCUT2D eigenvalue weighted by atomic mass is 19.1. The number of carbonyl (C=O) groups excluding carboxylic acids is 1. The lowest BCUT2D eigenvalue weighted by atomic mass is 10.2. The fraction of sp³-hybridized carbons (Fsp3) is 0.211. The van der Waals surface area contributed by atoms with Crippen molar-refractivity contribution in [3.05, 3.63) is 66.1 Å². The number of urea groups is 1. The second-order valence-electron chi connectivity index (χ2n) is 6.26. The van der Waals surface area contributed by atoms with Gasteiger partial charge in [0.1, 0.15) is 17.7 Å². The molecule has 1 saturated heterocycles. The van der Waals surface area contributed by atoms with E-state index in [1.54, 1.807) is 17.0 Å². The molecule has 1 fully saturated rings. The fourth-order valence-corrected chi connectivity index (χ4v) is 3.11. The van der Waals surface area contributed by atoms with E-state index in [0.717, 1.165) is 6.42 Å². The van der Waals surface area contributed by atoms with Crippen LogP contribution in [-0.2, 0) is 0 Å². The Morgan fingerprint density at radius 2 is 1.96 bits per heavy atom. The van der Waals surface area contributed by atoms with Gasteiger partial charge in [-0.05, 0) is 49.2 Å². The average molecular weight is 370 g/mol. The van der Waals surface area contributed by atoms with Crippen LogP contribution in [0.15, 0.2) is 53.1 Å². The molecule has 4 rings (SSSR count). The number of benzene rings is 2. The summed E-state index contributed by atoms with van der Waals surface area (Å²) >= 11 is 0. The Morgan fingerprint density at radius 1 is 1.15 bits per heavy atom. The number of amides is 2. The van der Waals surface area contributed by atoms with Crippen molar-refractivity contribution in [3.8, 4) is 11.4 Å². The van der Waals surface area contributed by atoms with Crippen molar-refractivity contribution in [2.45, 2.75) is 18.9 Å². The second kappa shape index (κ2) is 7.14. The summed E-state index contributed by atoms with van der Waals surface area (Å²) in [5.74, 6) is -0.181. The number of carbonyl (C=O) groups is 1. The maximum Gasteiger partial charge on any atom is 0.322 e. The quantitative estimate of drug-likeness (QED) is 0.743. The van der Waals surface area contributed by atoms with Crippen LogP contribution < -0.4 is 5.32 Å². The number of hydrogen-bond acceptors (Lipinski definition) is 4. The van der Waals surface area contributed by atoms with Gasteiger partial charge in [0.15, 0.2) is 0 Å². The van der Waals surface area contributed by atoms with Crippen LogP contribution in [0.5, 0.6) is 0 Å². The Kier molecular flexibility index (Phi) is 4.53. The van der Waals surface area contributed by atoms with E-state index in [9.17, 15) is 13.6 Å². The molecular weight excluding hydrogens is 354 g/mol. The van der Waals surface area contributed by atoms with Crippen LogP contribution in [0, 0.1) is 11.6 Å². The zero-order chi connectivity index (χ0) is 18.8. The lowest BCUT2D eigenvalue weighted by molar-refractivity contribution is 0.193. The van der Waals surface area contributed by atoms with Gasteiger partial charge in [-0.25, -0.2) is 13.6 Å². The zero-order valence-electron chi connectivity index (χ0n) is 14.2. The van der Waals surface area contributed by atoms with Crippen LogP contribution in [0.1, 0.15) is 24.8 Å². The Morgan fingerprint density at radius 3 is 2.74 bits per heavy atom. The normalized spacial score (nSPS) is 16.5. The molecular formula is C19H16F2N4O2. The minimum absolute atomic E-state index is 0.273. The third kappa shape index (κ3) is 3.64. The molecule has 1 atom stereocenters. The molecule has 0 unspecified atom stereocenters. The summed E-state index contributed by atoms with van der Waals surface area (Å²) in [6.07, 6.45) is 1.47. The zero-order valence-corrected chi connectivity index (χ0v) is 14.2. The van der Waals surface area contributed by atoms with Crippen molar-refractivity contribution in [3.63, 3.8) is 0 Å². The lowest BCUT2D eigenvalue weighted by Gasteiger charge is -2.22. The minimum Gasteiger partial charge on any atom is -0.337 e. The first kappa shape index (κ1) is 17.1. The van der Waals surface area contributed by atoms with Crippen molar-refractivity contribution in [1.82, 2.24) is 15.0 Å². The SMILES string of the molecule is O=C(Nc1ccc(F)cc1)N1CCC[C@H]1c1nc(-c2cccc(F)c2)no1.